The molecule has 3 unspecified atom stereocenters. The van der Waals surface area contributed by atoms with Gasteiger partial charge < -0.3 is 10.6 Å². The van der Waals surface area contributed by atoms with Gasteiger partial charge in [0.15, 0.2) is 0 Å². The van der Waals surface area contributed by atoms with Crippen molar-refractivity contribution in [2.75, 3.05) is 11.9 Å². The highest BCUT2D eigenvalue weighted by atomic mass is 15.0. The van der Waals surface area contributed by atoms with E-state index >= 15 is 0 Å². The van der Waals surface area contributed by atoms with Crippen LogP contribution in [0.2, 0.25) is 0 Å². The van der Waals surface area contributed by atoms with Crippen LogP contribution in [-0.4, -0.2) is 18.6 Å². The molecule has 1 saturated carbocycles. The molecule has 2 aliphatic rings. The molecular formula is C19H30N2. The van der Waals surface area contributed by atoms with Gasteiger partial charge in [0.25, 0.3) is 0 Å². The van der Waals surface area contributed by atoms with E-state index in [2.05, 4.69) is 43.5 Å². The van der Waals surface area contributed by atoms with Crippen molar-refractivity contribution in [2.24, 2.45) is 5.92 Å². The molecule has 0 radical (unpaired) electrons. The Morgan fingerprint density at radius 2 is 1.71 bits per heavy atom. The fourth-order valence-electron chi connectivity index (χ4n) is 4.49. The zero-order chi connectivity index (χ0) is 14.8. The second-order valence-electron chi connectivity index (χ2n) is 7.18. The summed E-state index contributed by atoms with van der Waals surface area (Å²) < 4.78 is 0. The van der Waals surface area contributed by atoms with Crippen molar-refractivity contribution in [3.05, 3.63) is 28.8 Å². The maximum absolute atomic E-state index is 3.91. The minimum absolute atomic E-state index is 0.653. The van der Waals surface area contributed by atoms with Crippen molar-refractivity contribution < 1.29 is 0 Å². The third kappa shape index (κ3) is 3.26. The van der Waals surface area contributed by atoms with Crippen LogP contribution in [0.4, 0.5) is 5.69 Å². The fraction of sp³-hybridized carbons (Fsp3) is 0.684. The molecule has 0 spiro atoms. The van der Waals surface area contributed by atoms with E-state index < -0.39 is 0 Å². The molecule has 2 heteroatoms. The van der Waals surface area contributed by atoms with Crippen LogP contribution in [0.1, 0.15) is 55.2 Å². The smallest absolute Gasteiger partial charge is 0.0402 e. The average molecular weight is 286 g/mol. The summed E-state index contributed by atoms with van der Waals surface area (Å²) in [7, 11) is 0. The van der Waals surface area contributed by atoms with Gasteiger partial charge in [0.05, 0.1) is 0 Å². The van der Waals surface area contributed by atoms with Gasteiger partial charge in [-0.25, -0.2) is 0 Å². The summed E-state index contributed by atoms with van der Waals surface area (Å²) in [5, 5.41) is 7.69. The largest absolute Gasteiger partial charge is 0.382 e. The lowest BCUT2D eigenvalue weighted by molar-refractivity contribution is 0.286. The van der Waals surface area contributed by atoms with Gasteiger partial charge in [-0.1, -0.05) is 30.5 Å². The molecule has 1 saturated heterocycles. The molecule has 1 aromatic rings. The van der Waals surface area contributed by atoms with Gasteiger partial charge in [-0.2, -0.15) is 0 Å². The molecule has 2 fully saturated rings. The van der Waals surface area contributed by atoms with Crippen LogP contribution in [0.5, 0.6) is 0 Å². The lowest BCUT2D eigenvalue weighted by atomic mass is 9.88. The van der Waals surface area contributed by atoms with E-state index in [1.165, 1.54) is 67.4 Å². The third-order valence-electron chi connectivity index (χ3n) is 5.44. The van der Waals surface area contributed by atoms with Crippen LogP contribution in [0.3, 0.4) is 0 Å². The molecule has 21 heavy (non-hydrogen) atoms. The minimum atomic E-state index is 0.653. The molecule has 0 aromatic heterocycles. The van der Waals surface area contributed by atoms with Gasteiger partial charge in [0.1, 0.15) is 0 Å². The van der Waals surface area contributed by atoms with E-state index in [0.717, 1.165) is 12.0 Å². The number of rotatable bonds is 3. The first-order valence-corrected chi connectivity index (χ1v) is 8.73. The number of hydrogen-bond acceptors (Lipinski definition) is 2. The minimum Gasteiger partial charge on any atom is -0.382 e. The van der Waals surface area contributed by atoms with Crippen molar-refractivity contribution in [3.8, 4) is 0 Å². The number of aryl methyl sites for hydroxylation is 3. The van der Waals surface area contributed by atoms with E-state index in [1.54, 1.807) is 0 Å². The molecule has 2 nitrogen and oxygen atoms in total. The summed E-state index contributed by atoms with van der Waals surface area (Å²) in [4.78, 5) is 0. The summed E-state index contributed by atoms with van der Waals surface area (Å²) in [6, 6.07) is 6.00. The van der Waals surface area contributed by atoms with E-state index in [-0.39, 0.29) is 0 Å². The highest BCUT2D eigenvalue weighted by Gasteiger charge is 2.34. The standard InChI is InChI=1S/C19H30N2/c1-13-11-14(2)19(15(3)12-13)21-18-9-6-7-16(18)17-8-4-5-10-20-17/h11-12,16-18,20-21H,4-10H2,1-3H3. The third-order valence-corrected chi connectivity index (χ3v) is 5.44. The maximum atomic E-state index is 3.91. The number of piperidine rings is 1. The normalized spacial score (nSPS) is 29.6. The van der Waals surface area contributed by atoms with Crippen LogP contribution in [0, 0.1) is 26.7 Å². The predicted octanol–water partition coefficient (Wildman–Crippen LogP) is 4.33. The molecule has 3 atom stereocenters. The van der Waals surface area contributed by atoms with Gasteiger partial charge in [-0.05, 0) is 70.0 Å². The molecule has 0 bridgehead atoms. The molecule has 1 heterocycles. The second kappa shape index (κ2) is 6.39. The molecule has 0 amide bonds. The zero-order valence-electron chi connectivity index (χ0n) is 13.8. The molecular weight excluding hydrogens is 256 g/mol. The number of hydrogen-bond donors (Lipinski definition) is 2. The highest BCUT2D eigenvalue weighted by molar-refractivity contribution is 5.58. The molecule has 1 aliphatic carbocycles. The first-order valence-electron chi connectivity index (χ1n) is 8.73. The van der Waals surface area contributed by atoms with Crippen LogP contribution in [0.15, 0.2) is 12.1 Å². The van der Waals surface area contributed by atoms with E-state index in [9.17, 15) is 0 Å². The summed E-state index contributed by atoms with van der Waals surface area (Å²) in [6.07, 6.45) is 8.23. The lowest BCUT2D eigenvalue weighted by Gasteiger charge is -2.34. The maximum Gasteiger partial charge on any atom is 0.0402 e. The van der Waals surface area contributed by atoms with Crippen molar-refractivity contribution >= 4 is 5.69 Å². The SMILES string of the molecule is Cc1cc(C)c(NC2CCCC2C2CCCCN2)c(C)c1. The van der Waals surface area contributed by atoms with Crippen molar-refractivity contribution in [3.63, 3.8) is 0 Å². The topological polar surface area (TPSA) is 24.1 Å². The fourth-order valence-corrected chi connectivity index (χ4v) is 4.49. The van der Waals surface area contributed by atoms with Crippen molar-refractivity contribution in [1.29, 1.82) is 0 Å². The Labute approximate surface area is 129 Å². The predicted molar refractivity (Wildman–Crippen MR) is 91.0 cm³/mol. The van der Waals surface area contributed by atoms with E-state index in [4.69, 9.17) is 0 Å². The van der Waals surface area contributed by atoms with Gasteiger partial charge in [-0.3, -0.25) is 0 Å². The Kier molecular flexibility index (Phi) is 4.54. The van der Waals surface area contributed by atoms with Crippen molar-refractivity contribution in [1.82, 2.24) is 5.32 Å². The molecule has 2 N–H and O–H groups in total. The first kappa shape index (κ1) is 14.9. The van der Waals surface area contributed by atoms with Crippen LogP contribution in [-0.2, 0) is 0 Å². The Bertz CT molecular complexity index is 465. The van der Waals surface area contributed by atoms with Gasteiger partial charge in [0.2, 0.25) is 0 Å². The number of benzene rings is 1. The summed E-state index contributed by atoms with van der Waals surface area (Å²) in [6.45, 7) is 7.89. The molecule has 1 aromatic carbocycles. The second-order valence-corrected chi connectivity index (χ2v) is 7.18. The summed E-state index contributed by atoms with van der Waals surface area (Å²) >= 11 is 0. The highest BCUT2D eigenvalue weighted by Crippen LogP contribution is 2.35. The quantitative estimate of drug-likeness (QED) is 0.864. The van der Waals surface area contributed by atoms with Crippen molar-refractivity contribution in [2.45, 2.75) is 71.4 Å². The van der Waals surface area contributed by atoms with E-state index in [1.807, 2.05) is 0 Å². The number of anilines is 1. The lowest BCUT2D eigenvalue weighted by Crippen LogP contribution is -2.44. The van der Waals surface area contributed by atoms with E-state index in [0.29, 0.717) is 6.04 Å². The Hall–Kier alpha value is -1.02. The van der Waals surface area contributed by atoms with Crippen LogP contribution < -0.4 is 10.6 Å². The zero-order valence-corrected chi connectivity index (χ0v) is 13.8. The Balaban J connectivity index is 1.74. The van der Waals surface area contributed by atoms with Gasteiger partial charge in [-0.15, -0.1) is 0 Å². The van der Waals surface area contributed by atoms with Crippen LogP contribution >= 0.6 is 0 Å². The monoisotopic (exact) mass is 286 g/mol. The van der Waals surface area contributed by atoms with Gasteiger partial charge in [0, 0.05) is 17.8 Å². The Morgan fingerprint density at radius 1 is 0.952 bits per heavy atom. The van der Waals surface area contributed by atoms with Gasteiger partial charge >= 0.3 is 0 Å². The molecule has 3 rings (SSSR count). The summed E-state index contributed by atoms with van der Waals surface area (Å²) in [5.74, 6) is 0.811. The summed E-state index contributed by atoms with van der Waals surface area (Å²) in [5.41, 5.74) is 5.55. The molecule has 116 valence electrons. The number of nitrogens with one attached hydrogen (secondary N) is 2. The average Bonchev–Trinajstić information content (AvgIpc) is 2.92. The molecule has 1 aliphatic heterocycles. The van der Waals surface area contributed by atoms with Crippen LogP contribution in [0.25, 0.3) is 0 Å². The first-order chi connectivity index (χ1) is 10.1. The Morgan fingerprint density at radius 3 is 2.38 bits per heavy atom.